The Labute approximate surface area is 269 Å². The third-order valence-corrected chi connectivity index (χ3v) is 10.9. The maximum Gasteiger partial charge on any atom is 0.248 e. The van der Waals surface area contributed by atoms with Crippen LogP contribution >= 0.6 is 11.6 Å². The summed E-state index contributed by atoms with van der Waals surface area (Å²) in [5.74, 6) is 1.08. The largest absolute Gasteiger partial charge is 0.491 e. The molecule has 0 unspecified atom stereocenters. The summed E-state index contributed by atoms with van der Waals surface area (Å²) >= 11 is 6.01. The summed E-state index contributed by atoms with van der Waals surface area (Å²) in [5.41, 5.74) is 2.92. The number of hydrogen-bond acceptors (Lipinski definition) is 7. The highest BCUT2D eigenvalue weighted by Gasteiger charge is 2.46. The molecule has 10 heteroatoms. The number of nitrogens with one attached hydrogen (secondary N) is 2. The Balaban J connectivity index is 1.05. The van der Waals surface area contributed by atoms with Crippen LogP contribution in [0.2, 0.25) is 5.02 Å². The van der Waals surface area contributed by atoms with Crippen LogP contribution in [0.15, 0.2) is 48.8 Å². The standard InChI is InChI=1S/C35H42ClFN6O2/c1-42-13-10-34(11-14-42)19-24(20-34)7-15-45-31-18-29-26(33(39-23-38-29)40-25-5-6-28(37)27(36)16-25)17-30(31)41-32(44)4-2-12-43-21-35(22-43)8-3-9-35/h2,4-6,16-18,23-24H,3,7-15,19-22H2,1H3,(H,41,44)(H,38,39,40)/b4-2+. The molecule has 2 aromatic carbocycles. The summed E-state index contributed by atoms with van der Waals surface area (Å²) < 4.78 is 20.1. The number of likely N-dealkylation sites (tertiary alicyclic amines) is 2. The Hall–Kier alpha value is -3.27. The maximum atomic E-state index is 13.8. The van der Waals surface area contributed by atoms with Crippen LogP contribution in [0.25, 0.3) is 10.9 Å². The molecule has 8 nitrogen and oxygen atoms in total. The van der Waals surface area contributed by atoms with Crippen LogP contribution in [0.4, 0.5) is 21.6 Å². The van der Waals surface area contributed by atoms with Crippen molar-refractivity contribution in [2.45, 2.75) is 51.4 Å². The molecule has 7 rings (SSSR count). The number of amides is 1. The molecule has 1 amide bonds. The number of benzene rings is 2. The van der Waals surface area contributed by atoms with E-state index in [-0.39, 0.29) is 10.9 Å². The summed E-state index contributed by atoms with van der Waals surface area (Å²) in [4.78, 5) is 26.8. The van der Waals surface area contributed by atoms with E-state index in [4.69, 9.17) is 16.3 Å². The zero-order chi connectivity index (χ0) is 31.0. The molecule has 2 N–H and O–H groups in total. The smallest absolute Gasteiger partial charge is 0.248 e. The molecular formula is C35H42ClFN6O2. The van der Waals surface area contributed by atoms with Gasteiger partial charge in [0.25, 0.3) is 0 Å². The average Bonchev–Trinajstić information content (AvgIpc) is 2.96. The number of carbonyl (C=O) groups excluding carboxylic acids is 1. The van der Waals surface area contributed by atoms with Crippen molar-refractivity contribution in [3.63, 3.8) is 0 Å². The molecule has 0 radical (unpaired) electrons. The van der Waals surface area contributed by atoms with Gasteiger partial charge in [-0.15, -0.1) is 0 Å². The number of carbonyl (C=O) groups is 1. The van der Waals surface area contributed by atoms with Gasteiger partial charge in [-0.05, 0) is 106 Å². The lowest BCUT2D eigenvalue weighted by Crippen LogP contribution is -2.59. The van der Waals surface area contributed by atoms with Crippen LogP contribution in [-0.2, 0) is 4.79 Å². The van der Waals surface area contributed by atoms with Crippen LogP contribution in [-0.4, -0.2) is 72.1 Å². The highest BCUT2D eigenvalue weighted by Crippen LogP contribution is 2.53. The predicted octanol–water partition coefficient (Wildman–Crippen LogP) is 7.04. The van der Waals surface area contributed by atoms with Gasteiger partial charge >= 0.3 is 0 Å². The number of halogens is 2. The monoisotopic (exact) mass is 632 g/mol. The molecule has 45 heavy (non-hydrogen) atoms. The summed E-state index contributed by atoms with van der Waals surface area (Å²) in [6.45, 7) is 6.02. The molecule has 238 valence electrons. The first-order chi connectivity index (χ1) is 21.8. The van der Waals surface area contributed by atoms with E-state index in [9.17, 15) is 9.18 Å². The third kappa shape index (κ3) is 6.67. The topological polar surface area (TPSA) is 82.6 Å². The van der Waals surface area contributed by atoms with E-state index in [2.05, 4.69) is 37.4 Å². The molecule has 1 aromatic heterocycles. The second kappa shape index (κ2) is 12.5. The maximum absolute atomic E-state index is 13.8. The minimum Gasteiger partial charge on any atom is -0.491 e. The first-order valence-corrected chi connectivity index (χ1v) is 16.7. The van der Waals surface area contributed by atoms with Gasteiger partial charge in [0.2, 0.25) is 5.91 Å². The fraction of sp³-hybridized carbons (Fsp3) is 0.514. The molecule has 3 aromatic rings. The number of fused-ring (bicyclic) bond motifs is 1. The summed E-state index contributed by atoms with van der Waals surface area (Å²) in [7, 11) is 2.21. The van der Waals surface area contributed by atoms with Crippen LogP contribution in [0, 0.1) is 22.6 Å². The van der Waals surface area contributed by atoms with Crippen molar-refractivity contribution in [2.24, 2.45) is 16.7 Å². The van der Waals surface area contributed by atoms with Crippen molar-refractivity contribution in [1.29, 1.82) is 0 Å². The number of rotatable bonds is 10. The van der Waals surface area contributed by atoms with Gasteiger partial charge in [-0.1, -0.05) is 24.1 Å². The third-order valence-electron chi connectivity index (χ3n) is 10.6. The predicted molar refractivity (Wildman–Crippen MR) is 177 cm³/mol. The Kier molecular flexibility index (Phi) is 8.44. The van der Waals surface area contributed by atoms with Crippen molar-refractivity contribution in [3.05, 3.63) is 59.7 Å². The number of anilines is 3. The second-order valence-electron chi connectivity index (χ2n) is 14.0. The number of piperidine rings is 1. The highest BCUT2D eigenvalue weighted by atomic mass is 35.5. The van der Waals surface area contributed by atoms with Crippen LogP contribution in [0.3, 0.4) is 0 Å². The number of hydrogen-bond donors (Lipinski definition) is 2. The second-order valence-corrected chi connectivity index (χ2v) is 14.4. The van der Waals surface area contributed by atoms with Crippen LogP contribution < -0.4 is 15.4 Å². The van der Waals surface area contributed by atoms with Crippen molar-refractivity contribution in [3.8, 4) is 5.75 Å². The molecule has 4 aliphatic rings. The number of nitrogens with zero attached hydrogens (tertiary/aromatic N) is 4. The Morgan fingerprint density at radius 3 is 2.64 bits per heavy atom. The van der Waals surface area contributed by atoms with E-state index >= 15 is 0 Å². The Morgan fingerprint density at radius 2 is 1.91 bits per heavy atom. The van der Waals surface area contributed by atoms with Gasteiger partial charge in [-0.3, -0.25) is 9.69 Å². The molecule has 2 aliphatic heterocycles. The highest BCUT2D eigenvalue weighted by molar-refractivity contribution is 6.31. The molecule has 4 fully saturated rings. The van der Waals surface area contributed by atoms with Gasteiger partial charge in [0.1, 0.15) is 23.7 Å². The van der Waals surface area contributed by atoms with Gasteiger partial charge in [-0.2, -0.15) is 0 Å². The lowest BCUT2D eigenvalue weighted by molar-refractivity contribution is -0.112. The molecule has 2 saturated heterocycles. The lowest BCUT2D eigenvalue weighted by atomic mass is 9.57. The number of aromatic nitrogens is 2. The average molecular weight is 633 g/mol. The quantitative estimate of drug-likeness (QED) is 0.232. The van der Waals surface area contributed by atoms with Gasteiger partial charge in [0.15, 0.2) is 0 Å². The first-order valence-electron chi connectivity index (χ1n) is 16.3. The van der Waals surface area contributed by atoms with E-state index in [1.807, 2.05) is 18.2 Å². The molecule has 0 bridgehead atoms. The zero-order valence-corrected chi connectivity index (χ0v) is 26.7. The van der Waals surface area contributed by atoms with E-state index in [1.54, 1.807) is 12.1 Å². The Bertz CT molecular complexity index is 1590. The van der Waals surface area contributed by atoms with E-state index in [0.29, 0.717) is 57.2 Å². The molecular weight excluding hydrogens is 591 g/mol. The van der Waals surface area contributed by atoms with Crippen LogP contribution in [0.5, 0.6) is 5.75 Å². The Morgan fingerprint density at radius 1 is 1.11 bits per heavy atom. The molecule has 0 atom stereocenters. The van der Waals surface area contributed by atoms with Gasteiger partial charge in [0.05, 0.1) is 22.8 Å². The minimum absolute atomic E-state index is 0.0167. The van der Waals surface area contributed by atoms with Gasteiger partial charge in [-0.25, -0.2) is 14.4 Å². The SMILES string of the molecule is CN1CCC2(CC1)CC(CCOc1cc3ncnc(Nc4ccc(F)c(Cl)c4)c3cc1NC(=O)/C=C/CN1CC3(CCC3)C1)C2. The summed E-state index contributed by atoms with van der Waals surface area (Å²) in [6, 6.07) is 8.12. The molecule has 2 spiro atoms. The molecule has 2 saturated carbocycles. The van der Waals surface area contributed by atoms with E-state index in [0.717, 1.165) is 26.1 Å². The van der Waals surface area contributed by atoms with E-state index in [1.165, 1.54) is 76.5 Å². The fourth-order valence-corrected chi connectivity index (χ4v) is 8.01. The van der Waals surface area contributed by atoms with Gasteiger partial charge < -0.3 is 20.3 Å². The van der Waals surface area contributed by atoms with Crippen LogP contribution in [0.1, 0.15) is 51.4 Å². The van der Waals surface area contributed by atoms with E-state index < -0.39 is 5.82 Å². The van der Waals surface area contributed by atoms with Crippen molar-refractivity contribution >= 4 is 45.6 Å². The van der Waals surface area contributed by atoms with Crippen molar-refractivity contribution < 1.29 is 13.9 Å². The summed E-state index contributed by atoms with van der Waals surface area (Å²) in [5, 5.41) is 6.97. The number of ether oxygens (including phenoxy) is 1. The minimum atomic E-state index is -0.491. The molecule has 2 aliphatic carbocycles. The summed E-state index contributed by atoms with van der Waals surface area (Å²) in [6.07, 6.45) is 15.2. The lowest BCUT2D eigenvalue weighted by Gasteiger charge is -2.56. The van der Waals surface area contributed by atoms with Crippen molar-refractivity contribution in [1.82, 2.24) is 19.8 Å². The normalized spacial score (nSPS) is 21.0. The first kappa shape index (κ1) is 30.4. The fourth-order valence-electron chi connectivity index (χ4n) is 7.82. The zero-order valence-electron chi connectivity index (χ0n) is 26.0. The van der Waals surface area contributed by atoms with Gasteiger partial charge in [0, 0.05) is 42.9 Å². The van der Waals surface area contributed by atoms with Crippen molar-refractivity contribution in [2.75, 3.05) is 57.0 Å². The molecule has 3 heterocycles.